The average molecular weight is 400 g/mol. The van der Waals surface area contributed by atoms with Gasteiger partial charge >= 0.3 is 0 Å². The number of rotatable bonds is 7. The SMILES string of the molecule is COCCc1cc(C(=O)CC[C@]2(O)CCCC(F)(F)C2)c2c(Cl)cccn12. The fraction of sp³-hybridized carbons (Fsp3) is 0.550. The molecule has 3 rings (SSSR count). The van der Waals surface area contributed by atoms with Gasteiger partial charge in [0.25, 0.3) is 5.92 Å². The van der Waals surface area contributed by atoms with Crippen LogP contribution in [0.15, 0.2) is 24.4 Å². The van der Waals surface area contributed by atoms with Crippen LogP contribution in [-0.2, 0) is 11.2 Å². The van der Waals surface area contributed by atoms with E-state index in [0.29, 0.717) is 35.6 Å². The van der Waals surface area contributed by atoms with E-state index in [1.165, 1.54) is 0 Å². The summed E-state index contributed by atoms with van der Waals surface area (Å²) in [6, 6.07) is 5.29. The van der Waals surface area contributed by atoms with Gasteiger partial charge in [-0.3, -0.25) is 4.79 Å². The lowest BCUT2D eigenvalue weighted by Crippen LogP contribution is -2.41. The molecule has 0 spiro atoms. The molecule has 0 saturated heterocycles. The molecule has 27 heavy (non-hydrogen) atoms. The first-order valence-corrected chi connectivity index (χ1v) is 9.53. The minimum absolute atomic E-state index is 0.00118. The maximum absolute atomic E-state index is 13.7. The highest BCUT2D eigenvalue weighted by Crippen LogP contribution is 2.41. The first-order valence-electron chi connectivity index (χ1n) is 9.15. The number of Topliss-reactive ketones (excluding diaryl/α,β-unsaturated/α-hetero) is 1. The Hall–Kier alpha value is -1.50. The summed E-state index contributed by atoms with van der Waals surface area (Å²) in [7, 11) is 1.61. The third-order valence-electron chi connectivity index (χ3n) is 5.27. The van der Waals surface area contributed by atoms with Gasteiger partial charge in [-0.2, -0.15) is 0 Å². The van der Waals surface area contributed by atoms with Crippen LogP contribution in [0.1, 0.15) is 54.6 Å². The number of carbonyl (C=O) groups is 1. The van der Waals surface area contributed by atoms with Crippen LogP contribution in [0.25, 0.3) is 5.52 Å². The quantitative estimate of drug-likeness (QED) is 0.687. The van der Waals surface area contributed by atoms with Crippen molar-refractivity contribution in [1.29, 1.82) is 0 Å². The molecule has 2 aromatic heterocycles. The van der Waals surface area contributed by atoms with Gasteiger partial charge in [-0.05, 0) is 37.5 Å². The molecule has 1 aliphatic carbocycles. The molecular weight excluding hydrogens is 376 g/mol. The molecule has 0 aromatic carbocycles. The van der Waals surface area contributed by atoms with Gasteiger partial charge in [0, 0.05) is 50.2 Å². The van der Waals surface area contributed by atoms with E-state index >= 15 is 0 Å². The summed E-state index contributed by atoms with van der Waals surface area (Å²) in [4.78, 5) is 12.8. The zero-order chi connectivity index (χ0) is 19.7. The number of aliphatic hydroxyl groups is 1. The number of hydrogen-bond donors (Lipinski definition) is 1. The zero-order valence-corrected chi connectivity index (χ0v) is 16.1. The van der Waals surface area contributed by atoms with E-state index in [2.05, 4.69) is 0 Å². The summed E-state index contributed by atoms with van der Waals surface area (Å²) in [5, 5.41) is 11.0. The number of fused-ring (bicyclic) bond motifs is 1. The van der Waals surface area contributed by atoms with E-state index < -0.39 is 17.9 Å². The number of pyridine rings is 1. The van der Waals surface area contributed by atoms with Crippen molar-refractivity contribution >= 4 is 22.9 Å². The second-order valence-corrected chi connectivity index (χ2v) is 7.81. The van der Waals surface area contributed by atoms with E-state index in [1.807, 2.05) is 10.6 Å². The van der Waals surface area contributed by atoms with Gasteiger partial charge < -0.3 is 14.2 Å². The van der Waals surface area contributed by atoms with Gasteiger partial charge in [0.2, 0.25) is 0 Å². The van der Waals surface area contributed by atoms with Gasteiger partial charge in [-0.15, -0.1) is 0 Å². The first-order chi connectivity index (χ1) is 12.7. The van der Waals surface area contributed by atoms with Gasteiger partial charge in [-0.1, -0.05) is 11.6 Å². The highest BCUT2D eigenvalue weighted by molar-refractivity contribution is 6.35. The summed E-state index contributed by atoms with van der Waals surface area (Å²) in [5.74, 6) is -3.07. The van der Waals surface area contributed by atoms with E-state index in [-0.39, 0.29) is 31.5 Å². The van der Waals surface area contributed by atoms with Crippen LogP contribution >= 0.6 is 11.6 Å². The second kappa shape index (κ2) is 7.86. The molecule has 0 unspecified atom stereocenters. The lowest BCUT2D eigenvalue weighted by Gasteiger charge is -2.36. The van der Waals surface area contributed by atoms with Crippen LogP contribution in [0.4, 0.5) is 8.78 Å². The standard InChI is InChI=1S/C20H24ClF2NO3/c1-27-11-6-14-12-15(18-16(21)4-2-10-24(14)18)17(25)5-9-19(26)7-3-8-20(22,23)13-19/h2,4,10,12,26H,3,5-9,11,13H2,1H3/t19-/m1/s1. The molecule has 7 heteroatoms. The van der Waals surface area contributed by atoms with E-state index in [9.17, 15) is 18.7 Å². The minimum Gasteiger partial charge on any atom is -0.390 e. The summed E-state index contributed by atoms with van der Waals surface area (Å²) >= 11 is 6.31. The largest absolute Gasteiger partial charge is 0.390 e. The van der Waals surface area contributed by atoms with Crippen molar-refractivity contribution in [3.05, 3.63) is 40.7 Å². The third kappa shape index (κ3) is 4.50. The molecule has 2 heterocycles. The minimum atomic E-state index is -2.87. The summed E-state index contributed by atoms with van der Waals surface area (Å²) in [5.41, 5.74) is 0.463. The molecule has 148 valence electrons. The van der Waals surface area contributed by atoms with Crippen molar-refractivity contribution in [3.8, 4) is 0 Å². The molecule has 1 saturated carbocycles. The molecule has 4 nitrogen and oxygen atoms in total. The van der Waals surface area contributed by atoms with E-state index in [0.717, 1.165) is 5.69 Å². The van der Waals surface area contributed by atoms with Gasteiger partial charge in [0.05, 0.1) is 22.7 Å². The molecule has 0 aliphatic heterocycles. The van der Waals surface area contributed by atoms with Crippen molar-refractivity contribution in [2.45, 2.75) is 56.5 Å². The van der Waals surface area contributed by atoms with Crippen LogP contribution < -0.4 is 0 Å². The molecule has 2 aromatic rings. The molecule has 0 amide bonds. The van der Waals surface area contributed by atoms with Crippen molar-refractivity contribution in [2.24, 2.45) is 0 Å². The molecule has 0 radical (unpaired) electrons. The predicted molar refractivity (Wildman–Crippen MR) is 99.9 cm³/mol. The Morgan fingerprint density at radius 3 is 2.89 bits per heavy atom. The normalized spacial score (nSPS) is 22.3. The maximum atomic E-state index is 13.7. The Morgan fingerprint density at radius 2 is 2.19 bits per heavy atom. The number of nitrogens with zero attached hydrogens (tertiary/aromatic N) is 1. The predicted octanol–water partition coefficient (Wildman–Crippen LogP) is 4.68. The Kier molecular flexibility index (Phi) is 5.89. The lowest BCUT2D eigenvalue weighted by molar-refractivity contribution is -0.126. The van der Waals surface area contributed by atoms with Gasteiger partial charge in [-0.25, -0.2) is 8.78 Å². The van der Waals surface area contributed by atoms with Crippen molar-refractivity contribution in [1.82, 2.24) is 4.40 Å². The maximum Gasteiger partial charge on any atom is 0.250 e. The van der Waals surface area contributed by atoms with Crippen LogP contribution in [0, 0.1) is 0 Å². The highest BCUT2D eigenvalue weighted by Gasteiger charge is 2.44. The molecular formula is C20H24ClF2NO3. The molecule has 0 bridgehead atoms. The number of alkyl halides is 2. The number of ketones is 1. The highest BCUT2D eigenvalue weighted by atomic mass is 35.5. The van der Waals surface area contributed by atoms with Crippen molar-refractivity contribution in [2.75, 3.05) is 13.7 Å². The molecule has 1 atom stereocenters. The number of ether oxygens (including phenoxy) is 1. The number of hydrogen-bond acceptors (Lipinski definition) is 3. The fourth-order valence-electron chi connectivity index (χ4n) is 3.92. The number of halogens is 3. The fourth-order valence-corrected chi connectivity index (χ4v) is 4.19. The number of carbonyl (C=O) groups excluding carboxylic acids is 1. The smallest absolute Gasteiger partial charge is 0.250 e. The Labute approximate surface area is 162 Å². The molecule has 1 fully saturated rings. The van der Waals surface area contributed by atoms with E-state index in [1.54, 1.807) is 25.3 Å². The first kappa shape index (κ1) is 20.2. The Morgan fingerprint density at radius 1 is 1.41 bits per heavy atom. The Balaban J connectivity index is 1.81. The summed E-state index contributed by atoms with van der Waals surface area (Å²) < 4.78 is 34.3. The third-order valence-corrected chi connectivity index (χ3v) is 5.58. The van der Waals surface area contributed by atoms with Crippen LogP contribution in [0.2, 0.25) is 5.02 Å². The summed E-state index contributed by atoms with van der Waals surface area (Å²) in [6.07, 6.45) is 2.25. The summed E-state index contributed by atoms with van der Waals surface area (Å²) in [6.45, 7) is 0.501. The average Bonchev–Trinajstić information content (AvgIpc) is 2.97. The topological polar surface area (TPSA) is 50.9 Å². The Bertz CT molecular complexity index is 836. The van der Waals surface area contributed by atoms with Crippen molar-refractivity contribution in [3.63, 3.8) is 0 Å². The van der Waals surface area contributed by atoms with Crippen LogP contribution in [0.5, 0.6) is 0 Å². The van der Waals surface area contributed by atoms with Crippen LogP contribution in [0.3, 0.4) is 0 Å². The van der Waals surface area contributed by atoms with Gasteiger partial charge in [0.1, 0.15) is 0 Å². The van der Waals surface area contributed by atoms with Gasteiger partial charge in [0.15, 0.2) is 5.78 Å². The van der Waals surface area contributed by atoms with Crippen LogP contribution in [-0.4, -0.2) is 40.5 Å². The van der Waals surface area contributed by atoms with E-state index in [4.69, 9.17) is 16.3 Å². The molecule has 1 N–H and O–H groups in total. The van der Waals surface area contributed by atoms with Crippen molar-refractivity contribution < 1.29 is 23.4 Å². The molecule has 1 aliphatic rings. The number of methoxy groups -OCH3 is 1. The lowest BCUT2D eigenvalue weighted by atomic mass is 9.79. The zero-order valence-electron chi connectivity index (χ0n) is 15.3. The number of aromatic nitrogens is 1. The monoisotopic (exact) mass is 399 g/mol. The second-order valence-electron chi connectivity index (χ2n) is 7.40.